The van der Waals surface area contributed by atoms with Crippen molar-refractivity contribution in [1.82, 2.24) is 24.0 Å². The lowest BCUT2D eigenvalue weighted by Crippen LogP contribution is -2.39. The Labute approximate surface area is 157 Å². The fourth-order valence-corrected chi connectivity index (χ4v) is 2.48. The van der Waals surface area contributed by atoms with E-state index in [0.29, 0.717) is 6.04 Å². The van der Waals surface area contributed by atoms with Gasteiger partial charge in [0.1, 0.15) is 5.69 Å². The predicted molar refractivity (Wildman–Crippen MR) is 108 cm³/mol. The van der Waals surface area contributed by atoms with Crippen molar-refractivity contribution < 1.29 is 8.42 Å². The molecule has 0 amide bonds. The van der Waals surface area contributed by atoms with E-state index in [4.69, 9.17) is 0 Å². The smallest absolute Gasteiger partial charge is 0.200 e. The Kier molecular flexibility index (Phi) is 10.7. The van der Waals surface area contributed by atoms with Gasteiger partial charge >= 0.3 is 0 Å². The molecule has 1 aromatic carbocycles. The Hall–Kier alpha value is -2.03. The summed E-state index contributed by atoms with van der Waals surface area (Å²) in [6.45, 7) is 13.7. The van der Waals surface area contributed by atoms with E-state index < -0.39 is 10.2 Å². The van der Waals surface area contributed by atoms with Gasteiger partial charge < -0.3 is 0 Å². The first-order valence-electron chi connectivity index (χ1n) is 8.30. The summed E-state index contributed by atoms with van der Waals surface area (Å²) in [4.78, 5) is 1.72. The molecule has 0 fully saturated rings. The fraction of sp³-hybridized carbons (Fsp3) is 0.444. The van der Waals surface area contributed by atoms with Gasteiger partial charge in [0.05, 0.1) is 12.2 Å². The summed E-state index contributed by atoms with van der Waals surface area (Å²) in [7, 11) is -0.233. The van der Waals surface area contributed by atoms with Crippen LogP contribution in [0.3, 0.4) is 0 Å². The lowest BCUT2D eigenvalue weighted by atomic mass is 10.2. The van der Waals surface area contributed by atoms with Gasteiger partial charge in [-0.1, -0.05) is 30.3 Å². The highest BCUT2D eigenvalue weighted by atomic mass is 32.2. The molecule has 0 aliphatic carbocycles. The van der Waals surface area contributed by atoms with Crippen molar-refractivity contribution in [3.8, 4) is 11.3 Å². The number of nitrogens with one attached hydrogen (secondary N) is 1. The Morgan fingerprint density at radius 1 is 1.08 bits per heavy atom. The molecule has 0 spiro atoms. The Morgan fingerprint density at radius 3 is 1.96 bits per heavy atom. The normalized spacial score (nSPS) is 11.0. The maximum absolute atomic E-state index is 11.0. The minimum atomic E-state index is -3.21. The second kappa shape index (κ2) is 11.6. The summed E-state index contributed by atoms with van der Waals surface area (Å²) >= 11 is 0. The summed E-state index contributed by atoms with van der Waals surface area (Å²) < 4.78 is 25.5. The maximum atomic E-state index is 11.0. The maximum Gasteiger partial charge on any atom is 0.279 e. The van der Waals surface area contributed by atoms with Crippen LogP contribution in [0.2, 0.25) is 0 Å². The third-order valence-electron chi connectivity index (χ3n) is 2.91. The lowest BCUT2D eigenvalue weighted by Gasteiger charge is -2.14. The highest BCUT2D eigenvalue weighted by Crippen LogP contribution is 2.15. The molecule has 2 aromatic rings. The highest BCUT2D eigenvalue weighted by molar-refractivity contribution is 7.87. The van der Waals surface area contributed by atoms with Crippen LogP contribution in [-0.4, -0.2) is 47.9 Å². The van der Waals surface area contributed by atoms with Crippen molar-refractivity contribution >= 4 is 10.2 Å². The Balaban J connectivity index is 0.000000464. The van der Waals surface area contributed by atoms with E-state index in [9.17, 15) is 8.42 Å². The van der Waals surface area contributed by atoms with Crippen LogP contribution in [0.4, 0.5) is 0 Å². The van der Waals surface area contributed by atoms with Gasteiger partial charge in [-0.05, 0) is 27.7 Å². The second-order valence-electron chi connectivity index (χ2n) is 6.07. The molecule has 0 radical (unpaired) electrons. The molecule has 26 heavy (non-hydrogen) atoms. The minimum absolute atomic E-state index is 0.0487. The van der Waals surface area contributed by atoms with E-state index >= 15 is 0 Å². The van der Waals surface area contributed by atoms with E-state index in [2.05, 4.69) is 41.9 Å². The molecule has 0 aliphatic rings. The molecule has 2 rings (SSSR count). The van der Waals surface area contributed by atoms with Crippen LogP contribution >= 0.6 is 0 Å². The topological polar surface area (TPSA) is 80.1 Å². The number of nitrogens with zero attached hydrogens (tertiary/aromatic N) is 4. The molecule has 0 unspecified atom stereocenters. The summed E-state index contributed by atoms with van der Waals surface area (Å²) in [5.74, 6) is 0. The van der Waals surface area contributed by atoms with Gasteiger partial charge in [-0.2, -0.15) is 32.4 Å². The molecule has 0 bridgehead atoms. The van der Waals surface area contributed by atoms with Gasteiger partial charge in [-0.3, -0.25) is 0 Å². The zero-order valence-electron chi connectivity index (χ0n) is 16.5. The van der Waals surface area contributed by atoms with Crippen LogP contribution in [0.5, 0.6) is 0 Å². The quantitative estimate of drug-likeness (QED) is 0.807. The molecular formula is C18H31N5O2S. The number of rotatable bonds is 5. The fourth-order valence-electron chi connectivity index (χ4n) is 1.67. The molecule has 1 aromatic heterocycles. The number of hydrogen-bond acceptors (Lipinski definition) is 4. The standard InChI is InChI=1S/C11H13N3.C5H14N2O2S.C2H4/c1-9(2)14-12-8-11(13-14)10-6-4-3-5-7-10;1-5(2)6-10(8,9)7(3)4;1-2/h3-9H,1-2H3;5-6H,1-4H3;1-2H2. The number of benzene rings is 1. The third-order valence-corrected chi connectivity index (χ3v) is 4.64. The second-order valence-corrected chi connectivity index (χ2v) is 7.99. The first kappa shape index (κ1) is 24.0. The van der Waals surface area contributed by atoms with E-state index in [1.165, 1.54) is 14.1 Å². The average molecular weight is 382 g/mol. The molecule has 0 aliphatic heterocycles. The predicted octanol–water partition coefficient (Wildman–Crippen LogP) is 3.12. The van der Waals surface area contributed by atoms with Crippen molar-refractivity contribution in [2.75, 3.05) is 14.1 Å². The van der Waals surface area contributed by atoms with Crippen LogP contribution in [0.25, 0.3) is 11.3 Å². The van der Waals surface area contributed by atoms with Crippen molar-refractivity contribution in [3.05, 3.63) is 49.7 Å². The van der Waals surface area contributed by atoms with E-state index in [1.807, 2.05) is 30.3 Å². The average Bonchev–Trinajstić information content (AvgIpc) is 3.07. The van der Waals surface area contributed by atoms with Crippen molar-refractivity contribution in [1.29, 1.82) is 0 Å². The minimum Gasteiger partial charge on any atom is -0.200 e. The molecule has 1 heterocycles. The molecule has 1 N–H and O–H groups in total. The van der Waals surface area contributed by atoms with E-state index in [-0.39, 0.29) is 6.04 Å². The zero-order chi connectivity index (χ0) is 20.3. The highest BCUT2D eigenvalue weighted by Gasteiger charge is 2.13. The Bertz CT molecular complexity index is 725. The first-order chi connectivity index (χ1) is 12.1. The molecule has 8 heteroatoms. The zero-order valence-corrected chi connectivity index (χ0v) is 17.4. The number of aromatic nitrogens is 3. The van der Waals surface area contributed by atoms with Crippen LogP contribution in [0.15, 0.2) is 49.7 Å². The molecule has 0 saturated carbocycles. The molecule has 7 nitrogen and oxygen atoms in total. The van der Waals surface area contributed by atoms with Crippen LogP contribution in [-0.2, 0) is 10.2 Å². The van der Waals surface area contributed by atoms with Gasteiger partial charge in [0, 0.05) is 25.7 Å². The summed E-state index contributed by atoms with van der Waals surface area (Å²) in [6.07, 6.45) is 1.80. The van der Waals surface area contributed by atoms with Crippen molar-refractivity contribution in [3.63, 3.8) is 0 Å². The summed E-state index contributed by atoms with van der Waals surface area (Å²) in [5.41, 5.74) is 2.04. The van der Waals surface area contributed by atoms with Gasteiger partial charge in [0.25, 0.3) is 10.2 Å². The van der Waals surface area contributed by atoms with Gasteiger partial charge in [0.2, 0.25) is 0 Å². The van der Waals surface area contributed by atoms with Gasteiger partial charge in [-0.15, -0.1) is 13.2 Å². The largest absolute Gasteiger partial charge is 0.279 e. The van der Waals surface area contributed by atoms with Crippen LogP contribution in [0.1, 0.15) is 33.7 Å². The van der Waals surface area contributed by atoms with Gasteiger partial charge in [-0.25, -0.2) is 0 Å². The molecule has 0 saturated heterocycles. The SMILES string of the molecule is C=C.CC(C)NS(=O)(=O)N(C)C.CC(C)n1ncc(-c2ccccc2)n1. The molecule has 0 atom stereocenters. The molecular weight excluding hydrogens is 350 g/mol. The monoisotopic (exact) mass is 381 g/mol. The van der Waals surface area contributed by atoms with E-state index in [1.54, 1.807) is 24.8 Å². The van der Waals surface area contributed by atoms with Gasteiger partial charge in [0.15, 0.2) is 0 Å². The summed E-state index contributed by atoms with van der Waals surface area (Å²) in [6, 6.07) is 10.3. The molecule has 146 valence electrons. The third kappa shape index (κ3) is 8.37. The van der Waals surface area contributed by atoms with Crippen molar-refractivity contribution in [2.45, 2.75) is 39.8 Å². The summed E-state index contributed by atoms with van der Waals surface area (Å²) in [5, 5.41) is 8.58. The Morgan fingerprint density at radius 2 is 1.62 bits per heavy atom. The first-order valence-corrected chi connectivity index (χ1v) is 9.74. The van der Waals surface area contributed by atoms with Crippen LogP contribution < -0.4 is 4.72 Å². The van der Waals surface area contributed by atoms with E-state index in [0.717, 1.165) is 15.6 Å². The van der Waals surface area contributed by atoms with Crippen molar-refractivity contribution in [2.24, 2.45) is 0 Å². The van der Waals surface area contributed by atoms with Crippen LogP contribution in [0, 0.1) is 0 Å². The number of hydrogen-bond donors (Lipinski definition) is 1. The lowest BCUT2D eigenvalue weighted by molar-refractivity contribution is 0.467.